The predicted octanol–water partition coefficient (Wildman–Crippen LogP) is 5.26. The van der Waals surface area contributed by atoms with Gasteiger partial charge in [0.05, 0.1) is 31.4 Å². The molecule has 174 valence electrons. The van der Waals surface area contributed by atoms with Gasteiger partial charge in [0.15, 0.2) is 0 Å². The van der Waals surface area contributed by atoms with Gasteiger partial charge in [-0.2, -0.15) is 0 Å². The van der Waals surface area contributed by atoms with E-state index in [1.165, 1.54) is 12.0 Å². The number of amides is 1. The molecule has 0 radical (unpaired) electrons. The average molecular weight is 458 g/mol. The molecule has 34 heavy (non-hydrogen) atoms. The van der Waals surface area contributed by atoms with Crippen molar-refractivity contribution in [2.75, 3.05) is 19.1 Å². The van der Waals surface area contributed by atoms with E-state index in [0.717, 1.165) is 16.7 Å². The van der Waals surface area contributed by atoms with Gasteiger partial charge in [-0.25, -0.2) is 0 Å². The zero-order valence-electron chi connectivity index (χ0n) is 19.9. The van der Waals surface area contributed by atoms with Crippen LogP contribution in [-0.4, -0.2) is 31.0 Å². The molecular formula is C28H27NO5. The minimum absolute atomic E-state index is 0.0130. The van der Waals surface area contributed by atoms with Crippen LogP contribution in [0.4, 0.5) is 5.69 Å². The number of hydrogen-bond acceptors (Lipinski definition) is 5. The number of aliphatic hydroxyl groups is 1. The van der Waals surface area contributed by atoms with E-state index in [-0.39, 0.29) is 11.3 Å². The van der Waals surface area contributed by atoms with Crippen molar-refractivity contribution in [3.63, 3.8) is 0 Å². The number of anilines is 1. The van der Waals surface area contributed by atoms with Gasteiger partial charge < -0.3 is 14.6 Å². The monoisotopic (exact) mass is 457 g/mol. The molecule has 1 atom stereocenters. The molecule has 1 unspecified atom stereocenters. The molecule has 0 saturated carbocycles. The Balaban J connectivity index is 1.99. The molecule has 6 heteroatoms. The molecule has 0 bridgehead atoms. The smallest absolute Gasteiger partial charge is 0.300 e. The second-order valence-corrected chi connectivity index (χ2v) is 8.44. The lowest BCUT2D eigenvalue weighted by atomic mass is 9.93. The van der Waals surface area contributed by atoms with Crippen LogP contribution in [0.15, 0.2) is 66.2 Å². The van der Waals surface area contributed by atoms with Gasteiger partial charge in [0.25, 0.3) is 11.7 Å². The Labute approximate surface area is 199 Å². The zero-order chi connectivity index (χ0) is 24.6. The van der Waals surface area contributed by atoms with Crippen molar-refractivity contribution < 1.29 is 24.2 Å². The first-order chi connectivity index (χ1) is 16.3. The summed E-state index contributed by atoms with van der Waals surface area (Å²) in [5.74, 6) is -0.614. The fourth-order valence-electron chi connectivity index (χ4n) is 4.45. The van der Waals surface area contributed by atoms with Gasteiger partial charge in [-0.1, -0.05) is 35.9 Å². The van der Waals surface area contributed by atoms with Gasteiger partial charge in [-0.3, -0.25) is 14.5 Å². The maximum atomic E-state index is 13.4. The molecule has 1 amide bonds. The first-order valence-corrected chi connectivity index (χ1v) is 10.9. The van der Waals surface area contributed by atoms with E-state index in [9.17, 15) is 14.7 Å². The summed E-state index contributed by atoms with van der Waals surface area (Å²) in [6.07, 6.45) is 0. The second kappa shape index (κ2) is 9.06. The van der Waals surface area contributed by atoms with E-state index in [1.807, 2.05) is 39.0 Å². The molecule has 3 aromatic rings. The van der Waals surface area contributed by atoms with Crippen LogP contribution in [-0.2, 0) is 9.59 Å². The molecule has 0 aromatic heterocycles. The lowest BCUT2D eigenvalue weighted by Crippen LogP contribution is -2.29. The van der Waals surface area contributed by atoms with Gasteiger partial charge in [0, 0.05) is 5.69 Å². The predicted molar refractivity (Wildman–Crippen MR) is 131 cm³/mol. The van der Waals surface area contributed by atoms with Crippen LogP contribution in [0, 0.1) is 20.8 Å². The van der Waals surface area contributed by atoms with Crippen molar-refractivity contribution in [3.05, 3.63) is 94.1 Å². The van der Waals surface area contributed by atoms with Crippen LogP contribution in [0.5, 0.6) is 11.5 Å². The number of rotatable bonds is 5. The Morgan fingerprint density at radius 1 is 0.853 bits per heavy atom. The van der Waals surface area contributed by atoms with Crippen LogP contribution < -0.4 is 14.4 Å². The fourth-order valence-corrected chi connectivity index (χ4v) is 4.45. The number of methoxy groups -OCH3 is 2. The number of Topliss-reactive ketones (excluding diaryl/α,β-unsaturated/α-hetero) is 1. The Morgan fingerprint density at radius 3 is 2.09 bits per heavy atom. The largest absolute Gasteiger partial charge is 0.507 e. The first kappa shape index (κ1) is 23.1. The molecule has 0 spiro atoms. The highest BCUT2D eigenvalue weighted by molar-refractivity contribution is 6.51. The Morgan fingerprint density at radius 2 is 1.50 bits per heavy atom. The van der Waals surface area contributed by atoms with Crippen LogP contribution in [0.1, 0.15) is 33.9 Å². The molecule has 0 aliphatic carbocycles. The zero-order valence-corrected chi connectivity index (χ0v) is 19.9. The van der Waals surface area contributed by atoms with E-state index in [1.54, 1.807) is 49.6 Å². The molecule has 1 N–H and O–H groups in total. The van der Waals surface area contributed by atoms with E-state index in [2.05, 4.69) is 0 Å². The molecule has 4 rings (SSSR count). The van der Waals surface area contributed by atoms with Crippen LogP contribution in [0.2, 0.25) is 0 Å². The van der Waals surface area contributed by atoms with Gasteiger partial charge >= 0.3 is 0 Å². The van der Waals surface area contributed by atoms with Gasteiger partial charge in [0.2, 0.25) is 0 Å². The molecule has 1 aliphatic rings. The van der Waals surface area contributed by atoms with Crippen LogP contribution in [0.3, 0.4) is 0 Å². The number of aryl methyl sites for hydroxylation is 3. The third kappa shape index (κ3) is 3.92. The maximum Gasteiger partial charge on any atom is 0.300 e. The summed E-state index contributed by atoms with van der Waals surface area (Å²) in [5.41, 5.74) is 4.37. The number of carbonyl (C=O) groups is 2. The number of nitrogens with zero attached hydrogens (tertiary/aromatic N) is 1. The second-order valence-electron chi connectivity index (χ2n) is 8.44. The van der Waals surface area contributed by atoms with Crippen molar-refractivity contribution in [3.8, 4) is 11.5 Å². The topological polar surface area (TPSA) is 76.1 Å². The lowest BCUT2D eigenvalue weighted by Gasteiger charge is -2.26. The highest BCUT2D eigenvalue weighted by Gasteiger charge is 2.47. The summed E-state index contributed by atoms with van der Waals surface area (Å²) in [5, 5.41) is 11.5. The van der Waals surface area contributed by atoms with Crippen LogP contribution >= 0.6 is 0 Å². The summed E-state index contributed by atoms with van der Waals surface area (Å²) >= 11 is 0. The van der Waals surface area contributed by atoms with Crippen LogP contribution in [0.25, 0.3) is 5.76 Å². The molecule has 1 heterocycles. The third-order valence-electron chi connectivity index (χ3n) is 6.07. The molecule has 1 fully saturated rings. The molecular weight excluding hydrogens is 430 g/mol. The Kier molecular flexibility index (Phi) is 6.16. The Bertz CT molecular complexity index is 1290. The number of carbonyl (C=O) groups excluding carboxylic acids is 2. The van der Waals surface area contributed by atoms with E-state index < -0.39 is 17.7 Å². The highest BCUT2D eigenvalue weighted by atomic mass is 16.5. The van der Waals surface area contributed by atoms with E-state index in [0.29, 0.717) is 28.3 Å². The van der Waals surface area contributed by atoms with Crippen molar-refractivity contribution in [2.45, 2.75) is 26.8 Å². The summed E-state index contributed by atoms with van der Waals surface area (Å²) in [6, 6.07) is 17.4. The van der Waals surface area contributed by atoms with Crippen molar-refractivity contribution in [2.24, 2.45) is 0 Å². The number of aliphatic hydroxyl groups excluding tert-OH is 1. The SMILES string of the molecule is COc1ccc(C2/C(=C(\O)c3cc(C)cc(C)c3OC)C(=O)C(=O)N2c2ccc(C)cc2)cc1. The lowest BCUT2D eigenvalue weighted by molar-refractivity contribution is -0.132. The van der Waals surface area contributed by atoms with E-state index >= 15 is 0 Å². The molecule has 1 saturated heterocycles. The maximum absolute atomic E-state index is 13.4. The van der Waals surface area contributed by atoms with Crippen molar-refractivity contribution in [1.29, 1.82) is 0 Å². The molecule has 6 nitrogen and oxygen atoms in total. The van der Waals surface area contributed by atoms with Crippen molar-refractivity contribution >= 4 is 23.1 Å². The minimum Gasteiger partial charge on any atom is -0.507 e. The van der Waals surface area contributed by atoms with Gasteiger partial charge in [0.1, 0.15) is 17.3 Å². The highest BCUT2D eigenvalue weighted by Crippen LogP contribution is 2.44. The summed E-state index contributed by atoms with van der Waals surface area (Å²) in [4.78, 5) is 28.1. The first-order valence-electron chi connectivity index (χ1n) is 10.9. The quantitative estimate of drug-likeness (QED) is 0.322. The molecule has 3 aromatic carbocycles. The number of hydrogen-bond donors (Lipinski definition) is 1. The summed E-state index contributed by atoms with van der Waals surface area (Å²) in [6.45, 7) is 5.72. The third-order valence-corrected chi connectivity index (χ3v) is 6.07. The van der Waals surface area contributed by atoms with E-state index in [4.69, 9.17) is 9.47 Å². The normalized spacial score (nSPS) is 17.2. The number of benzene rings is 3. The van der Waals surface area contributed by atoms with Gasteiger partial charge in [-0.15, -0.1) is 0 Å². The minimum atomic E-state index is -0.820. The number of ether oxygens (including phenoxy) is 2. The standard InChI is InChI=1S/C28H27NO5/c1-16-6-10-20(11-7-16)29-24(19-8-12-21(33-4)13-9-19)23(26(31)28(29)32)25(30)22-15-17(2)14-18(3)27(22)34-5/h6-15,24,30H,1-5H3/b25-23+. The summed E-state index contributed by atoms with van der Waals surface area (Å²) in [7, 11) is 3.08. The van der Waals surface area contributed by atoms with Gasteiger partial charge in [-0.05, 0) is 67.8 Å². The Hall–Kier alpha value is -4.06. The fraction of sp³-hybridized carbons (Fsp3) is 0.214. The molecule has 1 aliphatic heterocycles. The number of ketones is 1. The van der Waals surface area contributed by atoms with Crippen molar-refractivity contribution in [1.82, 2.24) is 0 Å². The summed E-state index contributed by atoms with van der Waals surface area (Å²) < 4.78 is 10.8. The average Bonchev–Trinajstić information content (AvgIpc) is 3.09.